The summed E-state index contributed by atoms with van der Waals surface area (Å²) in [6, 6.07) is 4.46. The van der Waals surface area contributed by atoms with E-state index in [1.54, 1.807) is 0 Å². The lowest BCUT2D eigenvalue weighted by molar-refractivity contribution is -0.137. The fraction of sp³-hybridized carbons (Fsp3) is 0.562. The van der Waals surface area contributed by atoms with Crippen LogP contribution in [0.2, 0.25) is 0 Å². The molecule has 0 amide bonds. The Bertz CT molecular complexity index is 736. The number of halogens is 3. The lowest BCUT2D eigenvalue weighted by Gasteiger charge is -2.16. The predicted octanol–water partition coefficient (Wildman–Crippen LogP) is 1.83. The summed E-state index contributed by atoms with van der Waals surface area (Å²) in [4.78, 5) is 4.26. The molecule has 26 heavy (non-hydrogen) atoms. The first-order valence-electron chi connectivity index (χ1n) is 8.25. The second kappa shape index (κ2) is 8.61. The third-order valence-corrected chi connectivity index (χ3v) is 5.48. The van der Waals surface area contributed by atoms with Crippen LogP contribution >= 0.6 is 0 Å². The van der Waals surface area contributed by atoms with Crippen LogP contribution in [-0.2, 0) is 16.0 Å². The van der Waals surface area contributed by atoms with Gasteiger partial charge in [0.25, 0.3) is 0 Å². The molecule has 1 aromatic rings. The van der Waals surface area contributed by atoms with Gasteiger partial charge < -0.3 is 15.4 Å². The molecule has 1 atom stereocenters. The molecule has 0 radical (unpaired) electrons. The first kappa shape index (κ1) is 20.3. The average molecular weight is 393 g/mol. The zero-order valence-corrected chi connectivity index (χ0v) is 15.2. The van der Waals surface area contributed by atoms with Crippen molar-refractivity contribution in [2.75, 3.05) is 31.2 Å². The number of hydrogen-bond donors (Lipinski definition) is 2. The zero-order chi connectivity index (χ0) is 19.2. The molecule has 1 aliphatic rings. The van der Waals surface area contributed by atoms with E-state index in [0.717, 1.165) is 12.1 Å². The number of rotatable bonds is 6. The number of aliphatic imine (C=N–C) groups is 1. The van der Waals surface area contributed by atoms with Gasteiger partial charge in [0, 0.05) is 12.6 Å². The maximum atomic E-state index is 12.7. The Labute approximate surface area is 150 Å². The van der Waals surface area contributed by atoms with E-state index in [1.165, 1.54) is 12.1 Å². The molecule has 1 unspecified atom stereocenters. The van der Waals surface area contributed by atoms with E-state index in [2.05, 4.69) is 15.6 Å². The Kier molecular flexibility index (Phi) is 6.74. The molecule has 0 saturated carbocycles. The predicted molar refractivity (Wildman–Crippen MR) is 93.1 cm³/mol. The molecule has 0 bridgehead atoms. The lowest BCUT2D eigenvalue weighted by atomic mass is 10.2. The summed E-state index contributed by atoms with van der Waals surface area (Å²) < 4.78 is 66.3. The molecule has 2 N–H and O–H groups in total. The molecule has 2 rings (SSSR count). The van der Waals surface area contributed by atoms with Gasteiger partial charge in [-0.3, -0.25) is 0 Å². The van der Waals surface area contributed by atoms with Gasteiger partial charge in [0.2, 0.25) is 0 Å². The van der Waals surface area contributed by atoms with Crippen LogP contribution in [-0.4, -0.2) is 51.6 Å². The standard InChI is InChI=1S/C16H22F3N3O3S/c1-2-20-15(22-13-6-9-26(23,24)11-13)21-7-8-25-14-5-3-4-12(10-14)16(17,18)19/h3-5,10,13H,2,6-9,11H2,1H3,(H2,20,21,22). The van der Waals surface area contributed by atoms with Gasteiger partial charge >= 0.3 is 6.18 Å². The second-order valence-corrected chi connectivity index (χ2v) is 8.11. The fourth-order valence-electron chi connectivity index (χ4n) is 2.51. The molecule has 146 valence electrons. The van der Waals surface area contributed by atoms with E-state index in [9.17, 15) is 21.6 Å². The molecule has 0 aromatic heterocycles. The van der Waals surface area contributed by atoms with Crippen LogP contribution in [0, 0.1) is 0 Å². The minimum atomic E-state index is -4.42. The quantitative estimate of drug-likeness (QED) is 0.438. The van der Waals surface area contributed by atoms with Crippen molar-refractivity contribution in [1.82, 2.24) is 10.6 Å². The van der Waals surface area contributed by atoms with Crippen LogP contribution in [0.5, 0.6) is 5.75 Å². The van der Waals surface area contributed by atoms with Crippen molar-refractivity contribution in [1.29, 1.82) is 0 Å². The fourth-order valence-corrected chi connectivity index (χ4v) is 4.18. The molecular formula is C16H22F3N3O3S. The minimum Gasteiger partial charge on any atom is -0.492 e. The Balaban J connectivity index is 1.86. The normalized spacial score (nSPS) is 20.0. The average Bonchev–Trinajstić information content (AvgIpc) is 2.90. The van der Waals surface area contributed by atoms with Crippen LogP contribution in [0.4, 0.5) is 13.2 Å². The molecule has 1 aliphatic heterocycles. The lowest BCUT2D eigenvalue weighted by Crippen LogP contribution is -2.44. The van der Waals surface area contributed by atoms with Crippen molar-refractivity contribution >= 4 is 15.8 Å². The smallest absolute Gasteiger partial charge is 0.416 e. The number of guanidine groups is 1. The van der Waals surface area contributed by atoms with E-state index >= 15 is 0 Å². The van der Waals surface area contributed by atoms with Crippen molar-refractivity contribution in [2.45, 2.75) is 25.6 Å². The number of benzene rings is 1. The van der Waals surface area contributed by atoms with Crippen molar-refractivity contribution in [3.63, 3.8) is 0 Å². The van der Waals surface area contributed by atoms with Gasteiger partial charge in [-0.05, 0) is 31.5 Å². The largest absolute Gasteiger partial charge is 0.492 e. The number of alkyl halides is 3. The number of nitrogens with one attached hydrogen (secondary N) is 2. The summed E-state index contributed by atoms with van der Waals surface area (Å²) in [5.74, 6) is 0.804. The maximum absolute atomic E-state index is 12.7. The van der Waals surface area contributed by atoms with E-state index < -0.39 is 21.6 Å². The van der Waals surface area contributed by atoms with Gasteiger partial charge in [-0.15, -0.1) is 0 Å². The number of nitrogens with zero attached hydrogens (tertiary/aromatic N) is 1. The molecule has 10 heteroatoms. The second-order valence-electron chi connectivity index (χ2n) is 5.88. The van der Waals surface area contributed by atoms with Crippen molar-refractivity contribution in [3.8, 4) is 5.75 Å². The Morgan fingerprint density at radius 2 is 2.15 bits per heavy atom. The summed E-state index contributed by atoms with van der Waals surface area (Å²) in [7, 11) is -3.00. The summed E-state index contributed by atoms with van der Waals surface area (Å²) in [6.45, 7) is 2.79. The van der Waals surface area contributed by atoms with Crippen molar-refractivity contribution < 1.29 is 26.3 Å². The van der Waals surface area contributed by atoms with Gasteiger partial charge in [0.15, 0.2) is 15.8 Å². The monoisotopic (exact) mass is 393 g/mol. The zero-order valence-electron chi connectivity index (χ0n) is 14.3. The number of sulfone groups is 1. The highest BCUT2D eigenvalue weighted by Gasteiger charge is 2.30. The topological polar surface area (TPSA) is 79.8 Å². The Hall–Kier alpha value is -1.97. The van der Waals surface area contributed by atoms with Crippen molar-refractivity contribution in [3.05, 3.63) is 29.8 Å². The first-order valence-corrected chi connectivity index (χ1v) is 10.1. The van der Waals surface area contributed by atoms with Crippen LogP contribution in [0.3, 0.4) is 0 Å². The molecule has 0 aliphatic carbocycles. The summed E-state index contributed by atoms with van der Waals surface area (Å²) >= 11 is 0. The summed E-state index contributed by atoms with van der Waals surface area (Å²) in [6.07, 6.45) is -3.89. The number of hydrogen-bond acceptors (Lipinski definition) is 4. The van der Waals surface area contributed by atoms with Gasteiger partial charge in [-0.25, -0.2) is 13.4 Å². The highest BCUT2D eigenvalue weighted by molar-refractivity contribution is 7.91. The van der Waals surface area contributed by atoms with Crippen molar-refractivity contribution in [2.24, 2.45) is 4.99 Å². The molecule has 1 aromatic carbocycles. The van der Waals surface area contributed by atoms with Crippen LogP contribution < -0.4 is 15.4 Å². The first-order chi connectivity index (χ1) is 12.2. The minimum absolute atomic E-state index is 0.0676. The van der Waals surface area contributed by atoms with E-state index in [4.69, 9.17) is 4.74 Å². The van der Waals surface area contributed by atoms with Crippen LogP contribution in [0.25, 0.3) is 0 Å². The maximum Gasteiger partial charge on any atom is 0.416 e. The third-order valence-electron chi connectivity index (χ3n) is 3.71. The van der Waals surface area contributed by atoms with Gasteiger partial charge in [-0.2, -0.15) is 13.2 Å². The van der Waals surface area contributed by atoms with E-state index in [-0.39, 0.29) is 36.4 Å². The van der Waals surface area contributed by atoms with Gasteiger partial charge in [-0.1, -0.05) is 6.07 Å². The van der Waals surface area contributed by atoms with Crippen LogP contribution in [0.15, 0.2) is 29.3 Å². The summed E-state index contributed by atoms with van der Waals surface area (Å²) in [5.41, 5.74) is -0.768. The molecule has 1 heterocycles. The molecule has 1 saturated heterocycles. The summed E-state index contributed by atoms with van der Waals surface area (Å²) in [5, 5.41) is 6.06. The molecule has 6 nitrogen and oxygen atoms in total. The highest BCUT2D eigenvalue weighted by atomic mass is 32.2. The highest BCUT2D eigenvalue weighted by Crippen LogP contribution is 2.31. The molecule has 1 fully saturated rings. The third kappa shape index (κ3) is 6.40. The molecule has 0 spiro atoms. The Morgan fingerprint density at radius 1 is 1.38 bits per heavy atom. The Morgan fingerprint density at radius 3 is 2.77 bits per heavy atom. The SMILES string of the molecule is CCNC(=NCCOc1cccc(C(F)(F)F)c1)NC1CCS(=O)(=O)C1. The van der Waals surface area contributed by atoms with E-state index in [1.807, 2.05) is 6.92 Å². The van der Waals surface area contributed by atoms with Gasteiger partial charge in [0.05, 0.1) is 23.6 Å². The van der Waals surface area contributed by atoms with Crippen LogP contribution in [0.1, 0.15) is 18.9 Å². The van der Waals surface area contributed by atoms with E-state index in [0.29, 0.717) is 18.9 Å². The molecular weight excluding hydrogens is 371 g/mol. The van der Waals surface area contributed by atoms with Gasteiger partial charge in [0.1, 0.15) is 12.4 Å². The number of ether oxygens (including phenoxy) is 1.